The van der Waals surface area contributed by atoms with Gasteiger partial charge in [-0.1, -0.05) is 6.07 Å². The van der Waals surface area contributed by atoms with E-state index in [0.717, 1.165) is 5.69 Å². The Bertz CT molecular complexity index is 919. The number of anilines is 2. The van der Waals surface area contributed by atoms with Crippen LogP contribution in [0.1, 0.15) is 0 Å². The van der Waals surface area contributed by atoms with Crippen LogP contribution in [-0.4, -0.2) is 57.0 Å². The molecule has 3 heterocycles. The number of urea groups is 1. The number of nitrogens with zero attached hydrogens (tertiary/aromatic N) is 5. The van der Waals surface area contributed by atoms with Crippen LogP contribution in [0.5, 0.6) is 5.75 Å². The molecule has 138 valence electrons. The summed E-state index contributed by atoms with van der Waals surface area (Å²) in [7, 11) is 0. The van der Waals surface area contributed by atoms with Gasteiger partial charge in [0.25, 0.3) is 0 Å². The van der Waals surface area contributed by atoms with Crippen LogP contribution in [0.25, 0.3) is 5.82 Å². The standard InChI is InChI=1S/C19H20N6O2/c26-16-5-1-4-15(14-16)23-10-12-24(13-11-23)19(27)22-17-6-2-7-20-18(17)25-9-3-8-21-25/h1-9,14,26H,10-13H2,(H,22,27). The third kappa shape index (κ3) is 3.69. The number of phenols is 1. The number of piperazine rings is 1. The summed E-state index contributed by atoms with van der Waals surface area (Å²) in [6, 6.07) is 12.4. The lowest BCUT2D eigenvalue weighted by Gasteiger charge is -2.36. The van der Waals surface area contributed by atoms with Gasteiger partial charge in [-0.2, -0.15) is 5.10 Å². The van der Waals surface area contributed by atoms with E-state index in [4.69, 9.17) is 0 Å². The van der Waals surface area contributed by atoms with Crippen LogP contribution < -0.4 is 10.2 Å². The normalized spacial score (nSPS) is 14.2. The highest BCUT2D eigenvalue weighted by atomic mass is 16.3. The first-order valence-electron chi connectivity index (χ1n) is 8.76. The summed E-state index contributed by atoms with van der Waals surface area (Å²) in [4.78, 5) is 20.9. The maximum Gasteiger partial charge on any atom is 0.322 e. The number of nitrogens with one attached hydrogen (secondary N) is 1. The molecule has 0 saturated carbocycles. The van der Waals surface area contributed by atoms with Gasteiger partial charge in [0, 0.05) is 56.5 Å². The zero-order valence-corrected chi connectivity index (χ0v) is 14.7. The van der Waals surface area contributed by atoms with E-state index in [9.17, 15) is 9.90 Å². The zero-order valence-electron chi connectivity index (χ0n) is 14.7. The highest BCUT2D eigenvalue weighted by Gasteiger charge is 2.22. The SMILES string of the molecule is O=C(Nc1cccnc1-n1cccn1)N1CCN(c2cccc(O)c2)CC1. The number of pyridine rings is 1. The lowest BCUT2D eigenvalue weighted by atomic mass is 10.2. The number of aromatic nitrogens is 3. The van der Waals surface area contributed by atoms with Crippen LogP contribution in [0.3, 0.4) is 0 Å². The summed E-state index contributed by atoms with van der Waals surface area (Å²) < 4.78 is 1.62. The van der Waals surface area contributed by atoms with Crippen molar-refractivity contribution >= 4 is 17.4 Å². The third-order valence-electron chi connectivity index (χ3n) is 4.51. The number of carbonyl (C=O) groups is 1. The van der Waals surface area contributed by atoms with Crippen molar-refractivity contribution in [2.45, 2.75) is 0 Å². The first-order chi connectivity index (χ1) is 13.2. The summed E-state index contributed by atoms with van der Waals surface area (Å²) in [5.41, 5.74) is 1.57. The van der Waals surface area contributed by atoms with Crippen LogP contribution >= 0.6 is 0 Å². The Morgan fingerprint density at radius 1 is 1.04 bits per heavy atom. The predicted molar refractivity (Wildman–Crippen MR) is 102 cm³/mol. The van der Waals surface area contributed by atoms with Crippen LogP contribution in [0.2, 0.25) is 0 Å². The summed E-state index contributed by atoms with van der Waals surface area (Å²) in [5, 5.41) is 16.8. The average Bonchev–Trinajstić information content (AvgIpc) is 3.23. The van der Waals surface area contributed by atoms with E-state index in [1.54, 1.807) is 52.4 Å². The molecule has 0 aliphatic carbocycles. The van der Waals surface area contributed by atoms with Crippen molar-refractivity contribution in [3.8, 4) is 11.6 Å². The number of phenolic OH excluding ortho intramolecular Hbond substituents is 1. The molecule has 1 aliphatic heterocycles. The van der Waals surface area contributed by atoms with Gasteiger partial charge in [0.05, 0.1) is 5.69 Å². The Labute approximate surface area is 156 Å². The fourth-order valence-corrected chi connectivity index (χ4v) is 3.12. The minimum Gasteiger partial charge on any atom is -0.508 e. The van der Waals surface area contributed by atoms with E-state index in [-0.39, 0.29) is 11.8 Å². The molecule has 8 nitrogen and oxygen atoms in total. The summed E-state index contributed by atoms with van der Waals surface area (Å²) in [6.07, 6.45) is 5.12. The third-order valence-corrected chi connectivity index (χ3v) is 4.51. The van der Waals surface area contributed by atoms with E-state index in [1.165, 1.54) is 0 Å². The summed E-state index contributed by atoms with van der Waals surface area (Å²) in [6.45, 7) is 2.60. The van der Waals surface area contributed by atoms with Crippen LogP contribution in [0, 0.1) is 0 Å². The quantitative estimate of drug-likeness (QED) is 0.745. The van der Waals surface area contributed by atoms with E-state index < -0.39 is 0 Å². The Morgan fingerprint density at radius 3 is 2.63 bits per heavy atom. The first-order valence-corrected chi connectivity index (χ1v) is 8.76. The van der Waals surface area contributed by atoms with Gasteiger partial charge >= 0.3 is 6.03 Å². The number of rotatable bonds is 3. The molecular formula is C19H20N6O2. The molecule has 0 bridgehead atoms. The molecule has 1 saturated heterocycles. The molecule has 0 spiro atoms. The van der Waals surface area contributed by atoms with Crippen molar-refractivity contribution in [3.63, 3.8) is 0 Å². The van der Waals surface area contributed by atoms with Gasteiger partial charge in [0.15, 0.2) is 5.82 Å². The number of hydrogen-bond donors (Lipinski definition) is 2. The van der Waals surface area contributed by atoms with E-state index in [0.29, 0.717) is 37.7 Å². The Balaban J connectivity index is 1.41. The van der Waals surface area contributed by atoms with Gasteiger partial charge in [-0.05, 0) is 30.3 Å². The molecule has 2 aromatic heterocycles. The molecular weight excluding hydrogens is 344 g/mol. The molecule has 0 radical (unpaired) electrons. The van der Waals surface area contributed by atoms with Gasteiger partial charge in [-0.15, -0.1) is 0 Å². The fraction of sp³-hybridized carbons (Fsp3) is 0.211. The number of amides is 2. The van der Waals surface area contributed by atoms with E-state index in [1.807, 2.05) is 18.2 Å². The number of carbonyl (C=O) groups excluding carboxylic acids is 1. The molecule has 4 rings (SSSR count). The second-order valence-electron chi connectivity index (χ2n) is 6.25. The molecule has 0 atom stereocenters. The minimum atomic E-state index is -0.160. The average molecular weight is 364 g/mol. The molecule has 2 amide bonds. The van der Waals surface area contributed by atoms with E-state index >= 15 is 0 Å². The minimum absolute atomic E-state index is 0.160. The Morgan fingerprint density at radius 2 is 1.89 bits per heavy atom. The zero-order chi connectivity index (χ0) is 18.6. The molecule has 1 aliphatic rings. The summed E-state index contributed by atoms with van der Waals surface area (Å²) in [5.74, 6) is 0.824. The molecule has 1 fully saturated rings. The van der Waals surface area contributed by atoms with Crippen molar-refractivity contribution in [2.24, 2.45) is 0 Å². The van der Waals surface area contributed by atoms with Gasteiger partial charge in [-0.25, -0.2) is 14.5 Å². The number of aromatic hydroxyl groups is 1. The number of hydrogen-bond acceptors (Lipinski definition) is 5. The van der Waals surface area contributed by atoms with Crippen molar-refractivity contribution in [3.05, 3.63) is 61.1 Å². The Kier molecular flexibility index (Phi) is 4.61. The fourth-order valence-electron chi connectivity index (χ4n) is 3.12. The van der Waals surface area contributed by atoms with Crippen molar-refractivity contribution in [1.29, 1.82) is 0 Å². The van der Waals surface area contributed by atoms with Crippen LogP contribution in [-0.2, 0) is 0 Å². The van der Waals surface area contributed by atoms with E-state index in [2.05, 4.69) is 20.3 Å². The van der Waals surface area contributed by atoms with Gasteiger partial charge in [0.2, 0.25) is 0 Å². The molecule has 2 N–H and O–H groups in total. The highest BCUT2D eigenvalue weighted by molar-refractivity contribution is 5.91. The first kappa shape index (κ1) is 16.9. The molecule has 3 aromatic rings. The van der Waals surface area contributed by atoms with Crippen molar-refractivity contribution in [1.82, 2.24) is 19.7 Å². The smallest absolute Gasteiger partial charge is 0.322 e. The predicted octanol–water partition coefficient (Wildman–Crippen LogP) is 2.33. The topological polar surface area (TPSA) is 86.5 Å². The van der Waals surface area contributed by atoms with Crippen molar-refractivity contribution < 1.29 is 9.90 Å². The second kappa shape index (κ2) is 7.36. The number of benzene rings is 1. The molecule has 0 unspecified atom stereocenters. The summed E-state index contributed by atoms with van der Waals surface area (Å²) >= 11 is 0. The second-order valence-corrected chi connectivity index (χ2v) is 6.25. The Hall–Kier alpha value is -3.55. The van der Waals surface area contributed by atoms with Crippen molar-refractivity contribution in [2.75, 3.05) is 36.4 Å². The molecule has 27 heavy (non-hydrogen) atoms. The largest absolute Gasteiger partial charge is 0.508 e. The maximum absolute atomic E-state index is 12.7. The highest BCUT2D eigenvalue weighted by Crippen LogP contribution is 2.22. The molecule has 1 aromatic carbocycles. The van der Waals surface area contributed by atoms with Gasteiger partial charge < -0.3 is 20.2 Å². The van der Waals surface area contributed by atoms with Gasteiger partial charge in [-0.3, -0.25) is 0 Å². The lowest BCUT2D eigenvalue weighted by molar-refractivity contribution is 0.208. The molecule has 8 heteroatoms. The lowest BCUT2D eigenvalue weighted by Crippen LogP contribution is -2.50. The van der Waals surface area contributed by atoms with Crippen LogP contribution in [0.4, 0.5) is 16.2 Å². The van der Waals surface area contributed by atoms with Crippen LogP contribution in [0.15, 0.2) is 61.1 Å². The van der Waals surface area contributed by atoms with Gasteiger partial charge in [0.1, 0.15) is 5.75 Å². The maximum atomic E-state index is 12.7. The monoisotopic (exact) mass is 364 g/mol.